The molecule has 0 aliphatic carbocycles. The van der Waals surface area contributed by atoms with Crippen LogP contribution < -0.4 is 0 Å². The maximum Gasteiger partial charge on any atom is 0.353 e. The lowest BCUT2D eigenvalue weighted by Gasteiger charge is -1.81. The van der Waals surface area contributed by atoms with E-state index >= 15 is 0 Å². The minimum absolute atomic E-state index is 0.000782. The van der Waals surface area contributed by atoms with E-state index in [9.17, 15) is 9.13 Å². The topological polar surface area (TPSA) is 34.1 Å². The van der Waals surface area contributed by atoms with Gasteiger partial charge >= 0.3 is 7.80 Å². The molecular weight excluding hydrogens is 142 g/mol. The van der Waals surface area contributed by atoms with Crippen LogP contribution in [0.15, 0.2) is 0 Å². The lowest BCUT2D eigenvalue weighted by Crippen LogP contribution is -1.84. The molecule has 1 atom stereocenters. The van der Waals surface area contributed by atoms with E-state index in [1.54, 1.807) is 0 Å². The van der Waals surface area contributed by atoms with Crippen LogP contribution in [0.5, 0.6) is 0 Å². The fourth-order valence-corrected chi connectivity index (χ4v) is 1.98. The fraction of sp³-hybridized carbons (Fsp3) is 1.00. The Bertz CT molecular complexity index is 100. The summed E-state index contributed by atoms with van der Waals surface area (Å²) in [4.78, 5) is 0. The first kappa shape index (κ1) is 8.20. The van der Waals surface area contributed by atoms with Gasteiger partial charge in [0.25, 0.3) is 0 Å². The molecule has 8 heavy (non-hydrogen) atoms. The molecule has 0 aliphatic rings. The van der Waals surface area contributed by atoms with E-state index in [4.69, 9.17) is 0 Å². The van der Waals surface area contributed by atoms with Gasteiger partial charge in [-0.2, -0.15) is 0 Å². The van der Waals surface area contributed by atoms with Crippen LogP contribution in [0.3, 0.4) is 0 Å². The summed E-state index contributed by atoms with van der Waals surface area (Å²) in [6.07, 6.45) is 0. The molecule has 0 radical (unpaired) electrons. The third-order valence-corrected chi connectivity index (χ3v) is 3.50. The molecule has 0 N–H and O–H groups in total. The first-order chi connectivity index (χ1) is 3.68. The molecule has 0 spiro atoms. The molecule has 0 aliphatic heterocycles. The Hall–Kier alpha value is 0.200. The lowest BCUT2D eigenvalue weighted by molar-refractivity contribution is 0.583. The maximum absolute atomic E-state index is 10.7. The van der Waals surface area contributed by atoms with Crippen molar-refractivity contribution in [3.63, 3.8) is 0 Å². The molecule has 0 rings (SSSR count). The molecule has 0 amide bonds. The molecule has 4 heteroatoms. The monoisotopic (exact) mass is 151 g/mol. The quantitative estimate of drug-likeness (QED) is 0.580. The highest BCUT2D eigenvalue weighted by molar-refractivity contribution is 7.55. The minimum atomic E-state index is -1.21. The average molecular weight is 151 g/mol. The average Bonchev–Trinajstić information content (AvgIpc) is 1.67. The molecule has 0 fully saturated rings. The zero-order valence-corrected chi connectivity index (χ0v) is 6.78. The van der Waals surface area contributed by atoms with Crippen LogP contribution in [-0.2, 0) is 9.13 Å². The Balaban J connectivity index is 3.48. The predicted molar refractivity (Wildman–Crippen MR) is 35.2 cm³/mol. The van der Waals surface area contributed by atoms with E-state index < -0.39 is 7.80 Å². The molecule has 0 saturated carbocycles. The van der Waals surface area contributed by atoms with Gasteiger partial charge in [0.05, 0.1) is 0 Å². The fourth-order valence-electron chi connectivity index (χ4n) is 0.220. The van der Waals surface area contributed by atoms with Gasteiger partial charge in [0.15, 0.2) is 5.66 Å². The highest BCUT2D eigenvalue weighted by Gasteiger charge is 2.19. The van der Waals surface area contributed by atoms with Gasteiger partial charge in [-0.05, 0) is 13.8 Å². The maximum atomic E-state index is 10.7. The van der Waals surface area contributed by atoms with Crippen molar-refractivity contribution in [1.82, 2.24) is 0 Å². The summed E-state index contributed by atoms with van der Waals surface area (Å²) >= 11 is 0. The summed E-state index contributed by atoms with van der Waals surface area (Å²) in [6.45, 7) is 3.73. The summed E-state index contributed by atoms with van der Waals surface area (Å²) in [5.41, 5.74) is 0.173. The van der Waals surface area contributed by atoms with Crippen molar-refractivity contribution in [2.24, 2.45) is 0 Å². The highest BCUT2D eigenvalue weighted by Crippen LogP contribution is 2.30. The summed E-state index contributed by atoms with van der Waals surface area (Å²) in [5, 5.41) is 0. The van der Waals surface area contributed by atoms with Gasteiger partial charge in [0, 0.05) is 0 Å². The van der Waals surface area contributed by atoms with Crippen LogP contribution in [0.25, 0.3) is 0 Å². The largest absolute Gasteiger partial charge is 0.353 e. The Labute approximate surface area is 51.7 Å². The number of rotatable bonds is 3. The standard InChI is InChI=1S/C4H9O2P2/c1-4(2)8(6)3-7-5/h4H,3H2,1-2H3/q+1. The highest BCUT2D eigenvalue weighted by atomic mass is 31.1. The van der Waals surface area contributed by atoms with Crippen molar-refractivity contribution in [2.45, 2.75) is 19.5 Å². The second kappa shape index (κ2) is 4.12. The van der Waals surface area contributed by atoms with Gasteiger partial charge in [0.1, 0.15) is 0 Å². The zero-order chi connectivity index (χ0) is 6.57. The van der Waals surface area contributed by atoms with Crippen molar-refractivity contribution in [3.8, 4) is 0 Å². The van der Waals surface area contributed by atoms with Gasteiger partial charge in [-0.15, -0.1) is 0 Å². The van der Waals surface area contributed by atoms with E-state index in [1.807, 2.05) is 13.8 Å². The molecule has 0 saturated heterocycles. The molecule has 2 nitrogen and oxygen atoms in total. The summed E-state index contributed by atoms with van der Waals surface area (Å²) in [7, 11) is -1.21. The molecule has 0 aromatic rings. The molecule has 46 valence electrons. The molecule has 0 aromatic heterocycles. The van der Waals surface area contributed by atoms with Crippen molar-refractivity contribution >= 4 is 16.3 Å². The van der Waals surface area contributed by atoms with Gasteiger partial charge < -0.3 is 0 Å². The van der Waals surface area contributed by atoms with Gasteiger partial charge in [0.2, 0.25) is 14.4 Å². The first-order valence-electron chi connectivity index (χ1n) is 2.41. The van der Waals surface area contributed by atoms with Crippen LogP contribution in [0, 0.1) is 0 Å². The molecule has 0 heterocycles. The third kappa shape index (κ3) is 3.23. The smallest absolute Gasteiger partial charge is 0.270 e. The van der Waals surface area contributed by atoms with E-state index in [-0.39, 0.29) is 14.1 Å². The Morgan fingerprint density at radius 1 is 1.62 bits per heavy atom. The van der Waals surface area contributed by atoms with Crippen molar-refractivity contribution in [3.05, 3.63) is 0 Å². The van der Waals surface area contributed by atoms with Crippen LogP contribution >= 0.6 is 16.3 Å². The normalized spacial score (nSPS) is 12.6. The number of hydrogen-bond donors (Lipinski definition) is 0. The summed E-state index contributed by atoms with van der Waals surface area (Å²) < 4.78 is 20.5. The second-order valence-electron chi connectivity index (χ2n) is 1.78. The SMILES string of the molecule is CC(C)[P+](=O)CP=O. The third-order valence-electron chi connectivity index (χ3n) is 0.773. The summed E-state index contributed by atoms with van der Waals surface area (Å²) in [6, 6.07) is 0. The van der Waals surface area contributed by atoms with Crippen molar-refractivity contribution < 1.29 is 9.13 Å². The molecule has 0 bridgehead atoms. The lowest BCUT2D eigenvalue weighted by atomic mass is 10.6. The van der Waals surface area contributed by atoms with Crippen LogP contribution in [0.2, 0.25) is 0 Å². The molecule has 1 unspecified atom stereocenters. The van der Waals surface area contributed by atoms with Crippen LogP contribution in [0.1, 0.15) is 13.8 Å². The van der Waals surface area contributed by atoms with Crippen LogP contribution in [0.4, 0.5) is 0 Å². The van der Waals surface area contributed by atoms with Gasteiger partial charge in [-0.1, -0.05) is 4.57 Å². The zero-order valence-electron chi connectivity index (χ0n) is 5.00. The van der Waals surface area contributed by atoms with E-state index in [1.165, 1.54) is 0 Å². The predicted octanol–water partition coefficient (Wildman–Crippen LogP) is 2.47. The first-order valence-corrected chi connectivity index (χ1v) is 4.92. The van der Waals surface area contributed by atoms with E-state index in [2.05, 4.69) is 0 Å². The van der Waals surface area contributed by atoms with Gasteiger partial charge in [-0.3, -0.25) is 4.57 Å². The second-order valence-corrected chi connectivity index (χ2v) is 5.04. The summed E-state index contributed by atoms with van der Waals surface area (Å²) in [5.74, 6) is 0.312. The minimum Gasteiger partial charge on any atom is -0.270 e. The molecular formula is C4H9O2P2+. The van der Waals surface area contributed by atoms with Crippen LogP contribution in [-0.4, -0.2) is 11.6 Å². The number of hydrogen-bond acceptors (Lipinski definition) is 2. The molecule has 0 aromatic carbocycles. The van der Waals surface area contributed by atoms with E-state index in [0.717, 1.165) is 0 Å². The van der Waals surface area contributed by atoms with Crippen molar-refractivity contribution in [2.75, 3.05) is 5.90 Å². The Morgan fingerprint density at radius 2 is 2.12 bits per heavy atom. The van der Waals surface area contributed by atoms with Crippen molar-refractivity contribution in [1.29, 1.82) is 0 Å². The Morgan fingerprint density at radius 3 is 2.25 bits per heavy atom. The Kier molecular flexibility index (Phi) is 4.22. The van der Waals surface area contributed by atoms with E-state index in [0.29, 0.717) is 5.90 Å². The van der Waals surface area contributed by atoms with Gasteiger partial charge in [-0.25, -0.2) is 0 Å².